The minimum atomic E-state index is 0.0858. The van der Waals surface area contributed by atoms with Crippen LogP contribution in [0, 0.1) is 11.3 Å². The van der Waals surface area contributed by atoms with Gasteiger partial charge >= 0.3 is 0 Å². The molecule has 1 unspecified atom stereocenters. The van der Waals surface area contributed by atoms with Crippen LogP contribution in [0.2, 0.25) is 0 Å². The Bertz CT molecular complexity index is 325. The van der Waals surface area contributed by atoms with Crippen LogP contribution in [0.4, 0.5) is 0 Å². The molecule has 0 fully saturated rings. The molecule has 4 nitrogen and oxygen atoms in total. The van der Waals surface area contributed by atoms with E-state index in [1.807, 2.05) is 4.68 Å². The van der Waals surface area contributed by atoms with Gasteiger partial charge in [0, 0.05) is 19.1 Å². The lowest BCUT2D eigenvalue weighted by Gasteiger charge is -2.29. The fourth-order valence-corrected chi connectivity index (χ4v) is 1.72. The second-order valence-corrected chi connectivity index (χ2v) is 5.66. The first-order valence-corrected chi connectivity index (χ1v) is 5.85. The standard InChI is InChI=1S/C12H23N3O/c1-9(2)15-11(13-8-14-15)6-10(7-16)12(3,4)5/h8-10,16H,6-7H2,1-5H3. The maximum absolute atomic E-state index is 9.43. The van der Waals surface area contributed by atoms with Crippen molar-refractivity contribution in [3.8, 4) is 0 Å². The van der Waals surface area contributed by atoms with Gasteiger partial charge < -0.3 is 5.11 Å². The van der Waals surface area contributed by atoms with Gasteiger partial charge in [-0.1, -0.05) is 20.8 Å². The van der Waals surface area contributed by atoms with Gasteiger partial charge in [0.1, 0.15) is 12.2 Å². The number of aromatic nitrogens is 3. The lowest BCUT2D eigenvalue weighted by atomic mass is 9.79. The summed E-state index contributed by atoms with van der Waals surface area (Å²) in [6, 6.07) is 0.316. The minimum Gasteiger partial charge on any atom is -0.396 e. The van der Waals surface area contributed by atoms with Gasteiger partial charge in [-0.15, -0.1) is 0 Å². The van der Waals surface area contributed by atoms with E-state index < -0.39 is 0 Å². The fourth-order valence-electron chi connectivity index (χ4n) is 1.72. The predicted octanol–water partition coefficient (Wildman–Crippen LogP) is 2.06. The molecule has 0 aliphatic rings. The van der Waals surface area contributed by atoms with Crippen LogP contribution < -0.4 is 0 Å². The molecule has 0 amide bonds. The van der Waals surface area contributed by atoms with E-state index in [0.29, 0.717) is 6.04 Å². The zero-order valence-corrected chi connectivity index (χ0v) is 10.9. The molecule has 0 saturated carbocycles. The Kier molecular flexibility index (Phi) is 4.08. The van der Waals surface area contributed by atoms with Crippen molar-refractivity contribution in [3.05, 3.63) is 12.2 Å². The van der Waals surface area contributed by atoms with Crippen molar-refractivity contribution in [2.75, 3.05) is 6.61 Å². The van der Waals surface area contributed by atoms with Crippen LogP contribution in [0.25, 0.3) is 0 Å². The lowest BCUT2D eigenvalue weighted by Crippen LogP contribution is -2.27. The van der Waals surface area contributed by atoms with Crippen LogP contribution in [0.15, 0.2) is 6.33 Å². The molecule has 16 heavy (non-hydrogen) atoms. The Hall–Kier alpha value is -0.900. The molecule has 0 spiro atoms. The highest BCUT2D eigenvalue weighted by atomic mass is 16.3. The van der Waals surface area contributed by atoms with Gasteiger partial charge in [-0.05, 0) is 25.2 Å². The summed E-state index contributed by atoms with van der Waals surface area (Å²) in [5.74, 6) is 1.18. The third-order valence-corrected chi connectivity index (χ3v) is 3.01. The monoisotopic (exact) mass is 225 g/mol. The van der Waals surface area contributed by atoms with Crippen LogP contribution in [0.5, 0.6) is 0 Å². The van der Waals surface area contributed by atoms with Gasteiger partial charge in [-0.25, -0.2) is 9.67 Å². The molecule has 1 atom stereocenters. The average Bonchev–Trinajstić information content (AvgIpc) is 2.59. The fraction of sp³-hybridized carbons (Fsp3) is 0.833. The maximum Gasteiger partial charge on any atom is 0.138 e. The summed E-state index contributed by atoms with van der Waals surface area (Å²) in [7, 11) is 0. The van der Waals surface area contributed by atoms with Crippen LogP contribution in [-0.4, -0.2) is 26.5 Å². The van der Waals surface area contributed by atoms with Gasteiger partial charge in [0.15, 0.2) is 0 Å². The van der Waals surface area contributed by atoms with Crippen molar-refractivity contribution < 1.29 is 5.11 Å². The van der Waals surface area contributed by atoms with Gasteiger partial charge in [0.05, 0.1) is 0 Å². The van der Waals surface area contributed by atoms with E-state index in [9.17, 15) is 5.11 Å². The molecule has 0 radical (unpaired) electrons. The third-order valence-electron chi connectivity index (χ3n) is 3.01. The number of rotatable bonds is 4. The first-order chi connectivity index (χ1) is 7.36. The molecule has 92 valence electrons. The summed E-state index contributed by atoms with van der Waals surface area (Å²) in [4.78, 5) is 4.28. The normalized spacial score (nSPS) is 14.4. The zero-order chi connectivity index (χ0) is 12.3. The Morgan fingerprint density at radius 3 is 2.44 bits per heavy atom. The molecule has 0 aromatic carbocycles. The van der Waals surface area contributed by atoms with Crippen molar-refractivity contribution in [2.24, 2.45) is 11.3 Å². The molecule has 0 bridgehead atoms. The topological polar surface area (TPSA) is 50.9 Å². The van der Waals surface area contributed by atoms with E-state index in [4.69, 9.17) is 0 Å². The van der Waals surface area contributed by atoms with Gasteiger partial charge in [-0.3, -0.25) is 0 Å². The molecule has 1 aromatic rings. The summed E-state index contributed by atoms with van der Waals surface area (Å²) in [6.07, 6.45) is 2.37. The Morgan fingerprint density at radius 1 is 1.38 bits per heavy atom. The average molecular weight is 225 g/mol. The molecule has 1 aromatic heterocycles. The van der Waals surface area contributed by atoms with E-state index in [1.54, 1.807) is 6.33 Å². The van der Waals surface area contributed by atoms with E-state index >= 15 is 0 Å². The van der Waals surface area contributed by atoms with Crippen molar-refractivity contribution in [1.82, 2.24) is 14.8 Å². The van der Waals surface area contributed by atoms with E-state index in [1.165, 1.54) is 0 Å². The van der Waals surface area contributed by atoms with Crippen molar-refractivity contribution in [3.63, 3.8) is 0 Å². The Balaban J connectivity index is 2.82. The first-order valence-electron chi connectivity index (χ1n) is 5.85. The Morgan fingerprint density at radius 2 is 2.00 bits per heavy atom. The van der Waals surface area contributed by atoms with Crippen molar-refractivity contribution in [1.29, 1.82) is 0 Å². The molecular formula is C12H23N3O. The molecule has 4 heteroatoms. The third kappa shape index (κ3) is 3.04. The second kappa shape index (κ2) is 4.95. The number of nitrogens with zero attached hydrogens (tertiary/aromatic N) is 3. The SMILES string of the molecule is CC(C)n1ncnc1CC(CO)C(C)(C)C. The van der Waals surface area contributed by atoms with Crippen LogP contribution in [0.1, 0.15) is 46.5 Å². The smallest absolute Gasteiger partial charge is 0.138 e. The van der Waals surface area contributed by atoms with E-state index in [2.05, 4.69) is 44.7 Å². The van der Waals surface area contributed by atoms with Crippen LogP contribution in [0.3, 0.4) is 0 Å². The van der Waals surface area contributed by atoms with Crippen LogP contribution in [-0.2, 0) is 6.42 Å². The summed E-state index contributed by atoms with van der Waals surface area (Å²) in [5, 5.41) is 13.6. The van der Waals surface area contributed by atoms with Gasteiger partial charge in [0.25, 0.3) is 0 Å². The molecule has 1 rings (SSSR count). The van der Waals surface area contributed by atoms with E-state index in [0.717, 1.165) is 12.2 Å². The number of aliphatic hydroxyl groups is 1. The molecule has 1 N–H and O–H groups in total. The highest BCUT2D eigenvalue weighted by Crippen LogP contribution is 2.28. The number of hydrogen-bond acceptors (Lipinski definition) is 3. The minimum absolute atomic E-state index is 0.0858. The lowest BCUT2D eigenvalue weighted by molar-refractivity contribution is 0.127. The number of hydrogen-bond donors (Lipinski definition) is 1. The van der Waals surface area contributed by atoms with E-state index in [-0.39, 0.29) is 17.9 Å². The summed E-state index contributed by atoms with van der Waals surface area (Å²) in [5.41, 5.74) is 0.0858. The first kappa shape index (κ1) is 13.2. The summed E-state index contributed by atoms with van der Waals surface area (Å²) < 4.78 is 1.92. The highest BCUT2D eigenvalue weighted by Gasteiger charge is 2.26. The Labute approximate surface area is 97.7 Å². The molecule has 0 aliphatic carbocycles. The summed E-state index contributed by atoms with van der Waals surface area (Å²) in [6.45, 7) is 10.8. The zero-order valence-electron chi connectivity index (χ0n) is 10.9. The summed E-state index contributed by atoms with van der Waals surface area (Å²) >= 11 is 0. The highest BCUT2D eigenvalue weighted by molar-refractivity contribution is 4.91. The van der Waals surface area contributed by atoms with Crippen LogP contribution >= 0.6 is 0 Å². The molecule has 1 heterocycles. The molecule has 0 saturated heterocycles. The van der Waals surface area contributed by atoms with Crippen molar-refractivity contribution in [2.45, 2.75) is 47.1 Å². The van der Waals surface area contributed by atoms with Gasteiger partial charge in [0.2, 0.25) is 0 Å². The quantitative estimate of drug-likeness (QED) is 0.853. The second-order valence-electron chi connectivity index (χ2n) is 5.66. The molecule has 0 aliphatic heterocycles. The largest absolute Gasteiger partial charge is 0.396 e. The molecular weight excluding hydrogens is 202 g/mol. The number of aliphatic hydroxyl groups excluding tert-OH is 1. The predicted molar refractivity (Wildman–Crippen MR) is 64.1 cm³/mol. The van der Waals surface area contributed by atoms with Crippen molar-refractivity contribution >= 4 is 0 Å². The maximum atomic E-state index is 9.43. The van der Waals surface area contributed by atoms with Gasteiger partial charge in [-0.2, -0.15) is 5.10 Å².